The summed E-state index contributed by atoms with van der Waals surface area (Å²) < 4.78 is 0. The molecule has 1 unspecified atom stereocenters. The number of nitrogens with two attached hydrogens (primary N) is 1. The van der Waals surface area contributed by atoms with Crippen LogP contribution in [-0.4, -0.2) is 6.54 Å². The van der Waals surface area contributed by atoms with E-state index in [0.29, 0.717) is 0 Å². The van der Waals surface area contributed by atoms with Gasteiger partial charge in [-0.1, -0.05) is 38.3 Å². The van der Waals surface area contributed by atoms with Crippen molar-refractivity contribution >= 4 is 0 Å². The number of hydrogen-bond acceptors (Lipinski definition) is 1. The van der Waals surface area contributed by atoms with Crippen molar-refractivity contribution in [3.05, 3.63) is 12.2 Å². The van der Waals surface area contributed by atoms with E-state index in [4.69, 9.17) is 5.73 Å². The summed E-state index contributed by atoms with van der Waals surface area (Å²) in [4.78, 5) is 0. The van der Waals surface area contributed by atoms with Gasteiger partial charge in [0.2, 0.25) is 0 Å². The van der Waals surface area contributed by atoms with Crippen LogP contribution >= 0.6 is 0 Å². The molecule has 0 rings (SSSR count). The zero-order valence-corrected chi connectivity index (χ0v) is 8.55. The standard InChI is InChI=1S/C11H23N/c1-3-5-6-8-11(7-4-2)9-10-12/h4,7,11H,3,5-6,8-10,12H2,1-2H3/b7-4-. The van der Waals surface area contributed by atoms with Crippen LogP contribution in [0.2, 0.25) is 0 Å². The Kier molecular flexibility index (Phi) is 8.57. The molecule has 0 aromatic rings. The van der Waals surface area contributed by atoms with Gasteiger partial charge in [0, 0.05) is 0 Å². The molecule has 0 aliphatic rings. The van der Waals surface area contributed by atoms with E-state index in [1.54, 1.807) is 0 Å². The molecule has 0 spiro atoms. The second-order valence-electron chi connectivity index (χ2n) is 3.36. The average Bonchev–Trinajstić information content (AvgIpc) is 2.06. The minimum Gasteiger partial charge on any atom is -0.330 e. The van der Waals surface area contributed by atoms with E-state index in [1.807, 2.05) is 0 Å². The Labute approximate surface area is 77.0 Å². The molecule has 0 saturated heterocycles. The Bertz CT molecular complexity index is 108. The summed E-state index contributed by atoms with van der Waals surface area (Å²) in [6, 6.07) is 0. The van der Waals surface area contributed by atoms with Gasteiger partial charge in [0.05, 0.1) is 0 Å². The summed E-state index contributed by atoms with van der Waals surface area (Å²) in [6.07, 6.45) is 10.9. The van der Waals surface area contributed by atoms with Gasteiger partial charge in [-0.2, -0.15) is 0 Å². The van der Waals surface area contributed by atoms with Crippen molar-refractivity contribution in [3.63, 3.8) is 0 Å². The predicted octanol–water partition coefficient (Wildman–Crippen LogP) is 3.11. The maximum absolute atomic E-state index is 5.53. The molecule has 0 aliphatic carbocycles. The van der Waals surface area contributed by atoms with Crippen molar-refractivity contribution in [2.75, 3.05) is 6.54 Å². The molecule has 1 atom stereocenters. The highest BCUT2D eigenvalue weighted by Crippen LogP contribution is 2.14. The molecule has 1 nitrogen and oxygen atoms in total. The Morgan fingerprint density at radius 2 is 2.00 bits per heavy atom. The molecule has 2 N–H and O–H groups in total. The lowest BCUT2D eigenvalue weighted by Crippen LogP contribution is -2.06. The van der Waals surface area contributed by atoms with E-state index < -0.39 is 0 Å². The van der Waals surface area contributed by atoms with E-state index in [1.165, 1.54) is 25.7 Å². The topological polar surface area (TPSA) is 26.0 Å². The molecule has 0 heterocycles. The fraction of sp³-hybridized carbons (Fsp3) is 0.818. The third-order valence-electron chi connectivity index (χ3n) is 2.18. The second kappa shape index (κ2) is 8.79. The summed E-state index contributed by atoms with van der Waals surface area (Å²) in [5.74, 6) is 0.728. The molecular weight excluding hydrogens is 146 g/mol. The van der Waals surface area contributed by atoms with Crippen molar-refractivity contribution in [1.82, 2.24) is 0 Å². The summed E-state index contributed by atoms with van der Waals surface area (Å²) in [5.41, 5.74) is 5.53. The van der Waals surface area contributed by atoms with Crippen molar-refractivity contribution in [3.8, 4) is 0 Å². The van der Waals surface area contributed by atoms with Crippen molar-refractivity contribution in [2.45, 2.75) is 46.0 Å². The first-order chi connectivity index (χ1) is 5.85. The van der Waals surface area contributed by atoms with Crippen LogP contribution in [0.15, 0.2) is 12.2 Å². The van der Waals surface area contributed by atoms with Crippen LogP contribution in [0, 0.1) is 5.92 Å². The smallest absolute Gasteiger partial charge is 0.00717 e. The summed E-state index contributed by atoms with van der Waals surface area (Å²) in [7, 11) is 0. The lowest BCUT2D eigenvalue weighted by molar-refractivity contribution is 0.513. The molecule has 0 saturated carbocycles. The largest absolute Gasteiger partial charge is 0.330 e. The Morgan fingerprint density at radius 1 is 1.25 bits per heavy atom. The number of rotatable bonds is 7. The summed E-state index contributed by atoms with van der Waals surface area (Å²) in [5, 5.41) is 0. The van der Waals surface area contributed by atoms with Gasteiger partial charge in [-0.3, -0.25) is 0 Å². The van der Waals surface area contributed by atoms with Crippen molar-refractivity contribution in [1.29, 1.82) is 0 Å². The molecule has 0 bridgehead atoms. The van der Waals surface area contributed by atoms with Crippen LogP contribution in [0.25, 0.3) is 0 Å². The van der Waals surface area contributed by atoms with Gasteiger partial charge in [-0.05, 0) is 32.2 Å². The van der Waals surface area contributed by atoms with Crippen LogP contribution in [-0.2, 0) is 0 Å². The fourth-order valence-corrected chi connectivity index (χ4v) is 1.48. The molecule has 72 valence electrons. The maximum atomic E-state index is 5.53. The molecule has 0 aromatic carbocycles. The SMILES string of the molecule is C/C=C\C(CCN)CCCCC. The fourth-order valence-electron chi connectivity index (χ4n) is 1.48. The van der Waals surface area contributed by atoms with E-state index in [9.17, 15) is 0 Å². The van der Waals surface area contributed by atoms with E-state index >= 15 is 0 Å². The molecule has 0 aromatic heterocycles. The summed E-state index contributed by atoms with van der Waals surface area (Å²) in [6.45, 7) is 5.15. The van der Waals surface area contributed by atoms with Gasteiger partial charge < -0.3 is 5.73 Å². The average molecular weight is 169 g/mol. The highest BCUT2D eigenvalue weighted by molar-refractivity contribution is 4.85. The first-order valence-electron chi connectivity index (χ1n) is 5.18. The van der Waals surface area contributed by atoms with Gasteiger partial charge >= 0.3 is 0 Å². The van der Waals surface area contributed by atoms with Gasteiger partial charge in [-0.15, -0.1) is 0 Å². The normalized spacial score (nSPS) is 13.9. The summed E-state index contributed by atoms with van der Waals surface area (Å²) >= 11 is 0. The van der Waals surface area contributed by atoms with Crippen LogP contribution in [0.1, 0.15) is 46.0 Å². The zero-order valence-electron chi connectivity index (χ0n) is 8.55. The van der Waals surface area contributed by atoms with Crippen LogP contribution in [0.4, 0.5) is 0 Å². The molecule has 12 heavy (non-hydrogen) atoms. The molecule has 0 radical (unpaired) electrons. The third kappa shape index (κ3) is 6.41. The van der Waals surface area contributed by atoms with Gasteiger partial charge in [0.25, 0.3) is 0 Å². The molecule has 0 fully saturated rings. The lowest BCUT2D eigenvalue weighted by Gasteiger charge is -2.10. The van der Waals surface area contributed by atoms with Gasteiger partial charge in [-0.25, -0.2) is 0 Å². The van der Waals surface area contributed by atoms with Crippen LogP contribution in [0.5, 0.6) is 0 Å². The Morgan fingerprint density at radius 3 is 2.50 bits per heavy atom. The number of unbranched alkanes of at least 4 members (excludes halogenated alkanes) is 2. The molecular formula is C11H23N. The third-order valence-corrected chi connectivity index (χ3v) is 2.18. The Balaban J connectivity index is 3.48. The Hall–Kier alpha value is -0.300. The number of allylic oxidation sites excluding steroid dienone is 2. The van der Waals surface area contributed by atoms with E-state index in [0.717, 1.165) is 18.9 Å². The van der Waals surface area contributed by atoms with Crippen molar-refractivity contribution in [2.24, 2.45) is 11.7 Å². The highest BCUT2D eigenvalue weighted by atomic mass is 14.5. The minimum absolute atomic E-state index is 0.728. The quantitative estimate of drug-likeness (QED) is 0.460. The molecule has 0 aliphatic heterocycles. The van der Waals surface area contributed by atoms with Crippen molar-refractivity contribution < 1.29 is 0 Å². The van der Waals surface area contributed by atoms with Crippen LogP contribution in [0.3, 0.4) is 0 Å². The maximum Gasteiger partial charge on any atom is -0.00717 e. The predicted molar refractivity (Wildman–Crippen MR) is 56.1 cm³/mol. The van der Waals surface area contributed by atoms with E-state index in [-0.39, 0.29) is 0 Å². The monoisotopic (exact) mass is 169 g/mol. The first kappa shape index (κ1) is 11.7. The van der Waals surface area contributed by atoms with Crippen LogP contribution < -0.4 is 5.73 Å². The zero-order chi connectivity index (χ0) is 9.23. The highest BCUT2D eigenvalue weighted by Gasteiger charge is 2.01. The minimum atomic E-state index is 0.728. The lowest BCUT2D eigenvalue weighted by atomic mass is 9.97. The van der Waals surface area contributed by atoms with Gasteiger partial charge in [0.1, 0.15) is 0 Å². The van der Waals surface area contributed by atoms with Gasteiger partial charge in [0.15, 0.2) is 0 Å². The second-order valence-corrected chi connectivity index (χ2v) is 3.36. The first-order valence-corrected chi connectivity index (χ1v) is 5.18. The van der Waals surface area contributed by atoms with E-state index in [2.05, 4.69) is 26.0 Å². The molecule has 1 heteroatoms. The number of hydrogen-bond donors (Lipinski definition) is 1. The molecule has 0 amide bonds.